The second kappa shape index (κ2) is 14.2. The second-order valence-electron chi connectivity index (χ2n) is 12.0. The average molecular weight is 716 g/mol. The number of ether oxygens (including phenoxy) is 1. The van der Waals surface area contributed by atoms with Gasteiger partial charge in [0, 0.05) is 43.7 Å². The maximum Gasteiger partial charge on any atom is 0.352 e. The molecule has 3 N–H and O–H groups in total. The Morgan fingerprint density at radius 1 is 1.06 bits per heavy atom. The summed E-state index contributed by atoms with van der Waals surface area (Å²) in [6.45, 7) is -0.622. The fourth-order valence-electron chi connectivity index (χ4n) is 6.56. The molecule has 1 aromatic heterocycles. The van der Waals surface area contributed by atoms with Gasteiger partial charge in [-0.05, 0) is 30.8 Å². The van der Waals surface area contributed by atoms with Crippen LogP contribution in [0.4, 0.5) is 13.2 Å². The first-order valence-electron chi connectivity index (χ1n) is 15.6. The lowest BCUT2D eigenvalue weighted by atomic mass is 9.91. The Kier molecular flexibility index (Phi) is 9.91. The van der Waals surface area contributed by atoms with Crippen LogP contribution in [-0.4, -0.2) is 117 Å². The third kappa shape index (κ3) is 6.31. The molecule has 0 bridgehead atoms. The molecule has 4 heterocycles. The molecule has 6 rings (SSSR count). The van der Waals surface area contributed by atoms with Gasteiger partial charge in [0.25, 0.3) is 11.8 Å². The summed E-state index contributed by atoms with van der Waals surface area (Å²) in [5.41, 5.74) is -3.61. The van der Waals surface area contributed by atoms with Crippen LogP contribution < -0.4 is 15.5 Å². The average Bonchev–Trinajstić information content (AvgIpc) is 3.09. The number of para-hydroxylation sites is 1. The molecule has 3 atom stereocenters. The van der Waals surface area contributed by atoms with Gasteiger partial charge in [-0.15, -0.1) is 11.8 Å². The van der Waals surface area contributed by atoms with Gasteiger partial charge in [-0.2, -0.15) is 0 Å². The molecule has 3 aromatic rings. The first kappa shape index (κ1) is 35.0. The SMILES string of the molecule is CN1CCN(C(C2=C(C(=O)O)N3C(=O)C(NC(=O)COc4ccccc4)C3SC2)c2c(F)cc3c(=O)c(C(=O)O)cn(CCF)c3c2F)CC1. The van der Waals surface area contributed by atoms with Gasteiger partial charge in [0.15, 0.2) is 12.4 Å². The van der Waals surface area contributed by atoms with E-state index in [-0.39, 0.29) is 24.4 Å². The van der Waals surface area contributed by atoms with E-state index in [4.69, 9.17) is 4.74 Å². The minimum absolute atomic E-state index is 0.00698. The number of amides is 2. The lowest BCUT2D eigenvalue weighted by Gasteiger charge is -2.51. The molecule has 3 unspecified atom stereocenters. The molecule has 2 amide bonds. The highest BCUT2D eigenvalue weighted by Crippen LogP contribution is 2.46. The number of thioether (sulfide) groups is 1. The Bertz CT molecular complexity index is 1970. The minimum atomic E-state index is -1.66. The number of rotatable bonds is 11. The summed E-state index contributed by atoms with van der Waals surface area (Å²) in [7, 11) is 1.85. The number of carboxylic acid groups (broad SMARTS) is 2. The Morgan fingerprint density at radius 2 is 1.76 bits per heavy atom. The van der Waals surface area contributed by atoms with Gasteiger partial charge in [-0.3, -0.25) is 24.2 Å². The van der Waals surface area contributed by atoms with E-state index in [0.29, 0.717) is 24.9 Å². The smallest absolute Gasteiger partial charge is 0.352 e. The van der Waals surface area contributed by atoms with Gasteiger partial charge < -0.3 is 29.7 Å². The van der Waals surface area contributed by atoms with Crippen LogP contribution >= 0.6 is 11.8 Å². The van der Waals surface area contributed by atoms with Gasteiger partial charge in [-0.25, -0.2) is 22.8 Å². The van der Waals surface area contributed by atoms with Gasteiger partial charge in [-0.1, -0.05) is 18.2 Å². The molecule has 3 aliphatic rings. The van der Waals surface area contributed by atoms with Gasteiger partial charge in [0.05, 0.1) is 23.5 Å². The second-order valence-corrected chi connectivity index (χ2v) is 13.1. The molecule has 0 radical (unpaired) electrons. The Labute approximate surface area is 286 Å². The molecular formula is C33H32F3N5O8S. The number of carbonyl (C=O) groups is 4. The van der Waals surface area contributed by atoms with Crippen molar-refractivity contribution in [2.24, 2.45) is 0 Å². The Morgan fingerprint density at radius 3 is 2.40 bits per heavy atom. The number of aryl methyl sites for hydroxylation is 1. The van der Waals surface area contributed by atoms with Crippen molar-refractivity contribution in [1.82, 2.24) is 24.6 Å². The van der Waals surface area contributed by atoms with E-state index in [2.05, 4.69) is 5.32 Å². The van der Waals surface area contributed by atoms with Crippen molar-refractivity contribution in [3.8, 4) is 5.75 Å². The van der Waals surface area contributed by atoms with E-state index in [1.165, 1.54) is 0 Å². The quantitative estimate of drug-likeness (QED) is 0.249. The number of aromatic nitrogens is 1. The number of pyridine rings is 1. The molecule has 0 saturated carbocycles. The van der Waals surface area contributed by atoms with Crippen molar-refractivity contribution in [1.29, 1.82) is 0 Å². The van der Waals surface area contributed by atoms with Gasteiger partial charge >= 0.3 is 11.9 Å². The van der Waals surface area contributed by atoms with Crippen LogP contribution in [0.5, 0.6) is 5.75 Å². The number of hydrogen-bond donors (Lipinski definition) is 3. The van der Waals surface area contributed by atoms with Crippen LogP contribution in [0.15, 0.2) is 58.7 Å². The molecule has 17 heteroatoms. The Balaban J connectivity index is 1.42. The number of piperazine rings is 1. The van der Waals surface area contributed by atoms with Crippen molar-refractivity contribution >= 4 is 46.4 Å². The summed E-state index contributed by atoms with van der Waals surface area (Å²) < 4.78 is 53.1. The van der Waals surface area contributed by atoms with E-state index < -0.39 is 106 Å². The standard InChI is InChI=1S/C33H32F3N5O8S/c1-38-9-11-39(12-10-38)26(23-21(35)13-18-27(24(23)36)40(8-7-34)14-19(29(18)43)32(45)46)20-16-50-31-25(30(44)41(31)28(20)33(47)48)37-22(42)15-49-17-5-3-2-4-6-17/h2-6,13-14,25-26,31H,7-12,15-16H2,1H3,(H,37,42)(H,45,46)(H,47,48). The number of benzene rings is 2. The number of nitrogens with zero attached hydrogens (tertiary/aromatic N) is 4. The first-order valence-corrected chi connectivity index (χ1v) is 16.6. The monoisotopic (exact) mass is 715 g/mol. The van der Waals surface area contributed by atoms with Crippen LogP contribution in [0.1, 0.15) is 22.0 Å². The number of alkyl halides is 1. The molecule has 2 saturated heterocycles. The lowest BCUT2D eigenvalue weighted by Crippen LogP contribution is -2.71. The zero-order valence-electron chi connectivity index (χ0n) is 26.6. The van der Waals surface area contributed by atoms with E-state index in [1.54, 1.807) is 35.2 Å². The summed E-state index contributed by atoms with van der Waals surface area (Å²) in [6, 6.07) is 6.74. The highest BCUT2D eigenvalue weighted by atomic mass is 32.2. The third-order valence-corrected chi connectivity index (χ3v) is 10.3. The molecule has 3 aliphatic heterocycles. The molecule has 264 valence electrons. The van der Waals surface area contributed by atoms with Crippen LogP contribution in [-0.2, 0) is 20.9 Å². The van der Waals surface area contributed by atoms with E-state index in [1.807, 2.05) is 11.9 Å². The molecule has 0 aliphatic carbocycles. The maximum absolute atomic E-state index is 16.8. The predicted octanol–water partition coefficient (Wildman–Crippen LogP) is 2.05. The van der Waals surface area contributed by atoms with Crippen LogP contribution in [0, 0.1) is 11.6 Å². The Hall–Kier alpha value is -4.87. The molecule has 13 nitrogen and oxygen atoms in total. The van der Waals surface area contributed by atoms with Crippen molar-refractivity contribution < 1.29 is 47.3 Å². The van der Waals surface area contributed by atoms with E-state index in [0.717, 1.165) is 27.4 Å². The molecule has 2 fully saturated rings. The minimum Gasteiger partial charge on any atom is -0.484 e. The highest BCUT2D eigenvalue weighted by Gasteiger charge is 2.55. The number of carboxylic acids is 2. The number of halogens is 3. The van der Waals surface area contributed by atoms with E-state index >= 15 is 8.78 Å². The third-order valence-electron chi connectivity index (χ3n) is 8.98. The number of carbonyl (C=O) groups excluding carboxylic acids is 2. The van der Waals surface area contributed by atoms with E-state index in [9.17, 15) is 38.6 Å². The summed E-state index contributed by atoms with van der Waals surface area (Å²) in [4.78, 5) is 68.4. The number of aliphatic carboxylic acids is 1. The fraction of sp³-hybridized carbons (Fsp3) is 0.364. The normalized spacial score (nSPS) is 20.3. The van der Waals surface area contributed by atoms with Crippen LogP contribution in [0.2, 0.25) is 0 Å². The van der Waals surface area contributed by atoms with Gasteiger partial charge in [0.1, 0.15) is 40.9 Å². The topological polar surface area (TPSA) is 162 Å². The van der Waals surface area contributed by atoms with Crippen molar-refractivity contribution in [2.45, 2.75) is 24.0 Å². The van der Waals surface area contributed by atoms with Crippen LogP contribution in [0.3, 0.4) is 0 Å². The zero-order chi connectivity index (χ0) is 35.9. The summed E-state index contributed by atoms with van der Waals surface area (Å²) >= 11 is 1.11. The number of aromatic carboxylic acids is 1. The van der Waals surface area contributed by atoms with Crippen molar-refractivity contribution in [2.75, 3.05) is 52.3 Å². The predicted molar refractivity (Wildman–Crippen MR) is 174 cm³/mol. The molecule has 50 heavy (non-hydrogen) atoms. The zero-order valence-corrected chi connectivity index (χ0v) is 27.4. The number of nitrogens with one attached hydrogen (secondary N) is 1. The maximum atomic E-state index is 16.8. The van der Waals surface area contributed by atoms with Crippen molar-refractivity contribution in [3.05, 3.63) is 86.8 Å². The summed E-state index contributed by atoms with van der Waals surface area (Å²) in [5.74, 6) is -6.73. The summed E-state index contributed by atoms with van der Waals surface area (Å²) in [5, 5.41) is 21.1. The number of hydrogen-bond acceptors (Lipinski definition) is 9. The van der Waals surface area contributed by atoms with Crippen LogP contribution in [0.25, 0.3) is 10.9 Å². The summed E-state index contributed by atoms with van der Waals surface area (Å²) in [6.07, 6.45) is 0.795. The molecular weight excluding hydrogens is 683 g/mol. The number of fused-ring (bicyclic) bond motifs is 2. The number of β-lactam (4-membered cyclic amide) rings is 1. The van der Waals surface area contributed by atoms with Crippen molar-refractivity contribution in [3.63, 3.8) is 0 Å². The number of likely N-dealkylation sites (N-methyl/N-ethyl adjacent to an activating group) is 1. The highest BCUT2D eigenvalue weighted by molar-refractivity contribution is 8.00. The molecule has 2 aromatic carbocycles. The molecule has 0 spiro atoms. The fourth-order valence-corrected chi connectivity index (χ4v) is 7.94. The lowest BCUT2D eigenvalue weighted by molar-refractivity contribution is -0.151. The first-order chi connectivity index (χ1) is 23.9. The largest absolute Gasteiger partial charge is 0.484 e. The van der Waals surface area contributed by atoms with Gasteiger partial charge in [0.2, 0.25) is 5.43 Å².